The van der Waals surface area contributed by atoms with Crippen LogP contribution in [0.25, 0.3) is 0 Å². The van der Waals surface area contributed by atoms with E-state index in [0.717, 1.165) is 5.56 Å². The molecule has 1 heterocycles. The highest BCUT2D eigenvalue weighted by molar-refractivity contribution is 5.81. The van der Waals surface area contributed by atoms with Gasteiger partial charge >= 0.3 is 0 Å². The molecule has 0 saturated heterocycles. The van der Waals surface area contributed by atoms with Gasteiger partial charge in [-0.25, -0.2) is 0 Å². The van der Waals surface area contributed by atoms with Crippen LogP contribution >= 0.6 is 0 Å². The fourth-order valence-corrected chi connectivity index (χ4v) is 1.38. The lowest BCUT2D eigenvalue weighted by Gasteiger charge is -2.11. The summed E-state index contributed by atoms with van der Waals surface area (Å²) in [5.74, 6) is -0.459. The van der Waals surface area contributed by atoms with E-state index in [2.05, 4.69) is 10.3 Å². The van der Waals surface area contributed by atoms with Crippen molar-refractivity contribution in [3.63, 3.8) is 0 Å². The van der Waals surface area contributed by atoms with Gasteiger partial charge in [0, 0.05) is 18.9 Å². The first-order valence-electron chi connectivity index (χ1n) is 5.69. The van der Waals surface area contributed by atoms with Crippen LogP contribution in [-0.4, -0.2) is 17.4 Å². The highest BCUT2D eigenvalue weighted by Crippen LogP contribution is 2.07. The molecular formula is C13H17N3O. The maximum absolute atomic E-state index is 11.7. The third-order valence-electron chi connectivity index (χ3n) is 2.32. The average molecular weight is 231 g/mol. The van der Waals surface area contributed by atoms with Crippen molar-refractivity contribution >= 4 is 5.91 Å². The Balaban J connectivity index is 2.55. The first-order valence-corrected chi connectivity index (χ1v) is 5.69. The van der Waals surface area contributed by atoms with E-state index in [1.807, 2.05) is 26.0 Å². The molecule has 0 saturated carbocycles. The zero-order valence-corrected chi connectivity index (χ0v) is 10.2. The van der Waals surface area contributed by atoms with Crippen molar-refractivity contribution in [2.45, 2.75) is 20.3 Å². The van der Waals surface area contributed by atoms with Gasteiger partial charge in [-0.1, -0.05) is 19.9 Å². The quantitative estimate of drug-likeness (QED) is 0.835. The van der Waals surface area contributed by atoms with E-state index in [0.29, 0.717) is 18.9 Å². The highest BCUT2D eigenvalue weighted by atomic mass is 16.1. The molecule has 17 heavy (non-hydrogen) atoms. The Morgan fingerprint density at radius 1 is 1.59 bits per heavy atom. The zero-order valence-electron chi connectivity index (χ0n) is 10.2. The molecule has 1 atom stereocenters. The number of pyridine rings is 1. The smallest absolute Gasteiger partial charge is 0.237 e. The molecule has 1 amide bonds. The van der Waals surface area contributed by atoms with Gasteiger partial charge in [-0.15, -0.1) is 0 Å². The number of nitriles is 1. The van der Waals surface area contributed by atoms with E-state index < -0.39 is 5.92 Å². The van der Waals surface area contributed by atoms with Crippen LogP contribution in [0.1, 0.15) is 19.4 Å². The second-order valence-electron chi connectivity index (χ2n) is 4.39. The number of hydrogen-bond acceptors (Lipinski definition) is 3. The normalized spacial score (nSPS) is 11.9. The Morgan fingerprint density at radius 2 is 2.35 bits per heavy atom. The van der Waals surface area contributed by atoms with Crippen molar-refractivity contribution in [1.29, 1.82) is 5.26 Å². The predicted octanol–water partition coefficient (Wildman–Crippen LogP) is 1.54. The van der Waals surface area contributed by atoms with Crippen LogP contribution in [0.2, 0.25) is 0 Å². The molecule has 1 aromatic rings. The van der Waals surface area contributed by atoms with Crippen molar-refractivity contribution in [3.8, 4) is 6.07 Å². The van der Waals surface area contributed by atoms with Gasteiger partial charge in [0.25, 0.3) is 0 Å². The van der Waals surface area contributed by atoms with E-state index in [4.69, 9.17) is 5.26 Å². The summed E-state index contributed by atoms with van der Waals surface area (Å²) in [7, 11) is 0. The Bertz CT molecular complexity index is 395. The summed E-state index contributed by atoms with van der Waals surface area (Å²) in [6.07, 6.45) is 3.76. The van der Waals surface area contributed by atoms with Gasteiger partial charge in [0.15, 0.2) is 0 Å². The van der Waals surface area contributed by atoms with Gasteiger partial charge in [0.2, 0.25) is 5.91 Å². The van der Waals surface area contributed by atoms with Crippen LogP contribution in [0, 0.1) is 23.2 Å². The summed E-state index contributed by atoms with van der Waals surface area (Å²) in [4.78, 5) is 15.7. The number of rotatable bonds is 5. The van der Waals surface area contributed by atoms with Crippen LogP contribution in [0.4, 0.5) is 0 Å². The number of nitrogens with one attached hydrogen (secondary N) is 1. The summed E-state index contributed by atoms with van der Waals surface area (Å²) in [5, 5.41) is 11.8. The number of aromatic nitrogens is 1. The molecule has 4 nitrogen and oxygen atoms in total. The largest absolute Gasteiger partial charge is 0.355 e. The van der Waals surface area contributed by atoms with Gasteiger partial charge in [0.1, 0.15) is 5.92 Å². The molecule has 1 N–H and O–H groups in total. The van der Waals surface area contributed by atoms with Crippen LogP contribution in [0.5, 0.6) is 0 Å². The number of nitrogens with zero attached hydrogens (tertiary/aromatic N) is 2. The van der Waals surface area contributed by atoms with Crippen molar-refractivity contribution in [1.82, 2.24) is 10.3 Å². The van der Waals surface area contributed by atoms with E-state index in [9.17, 15) is 4.79 Å². The SMILES string of the molecule is CC(C)CNC(=O)C(C#N)Cc1cccnc1. The number of carbonyl (C=O) groups is 1. The van der Waals surface area contributed by atoms with Crippen molar-refractivity contribution in [2.75, 3.05) is 6.54 Å². The standard InChI is InChI=1S/C13H17N3O/c1-10(2)8-16-13(17)12(7-14)6-11-4-3-5-15-9-11/h3-5,9-10,12H,6,8H2,1-2H3,(H,16,17). The molecule has 0 spiro atoms. The minimum absolute atomic E-state index is 0.204. The molecule has 0 aliphatic carbocycles. The maximum Gasteiger partial charge on any atom is 0.237 e. The van der Waals surface area contributed by atoms with Gasteiger partial charge in [-0.05, 0) is 24.0 Å². The average Bonchev–Trinajstić information content (AvgIpc) is 2.34. The Hall–Kier alpha value is -1.89. The lowest BCUT2D eigenvalue weighted by molar-refractivity contribution is -0.123. The minimum Gasteiger partial charge on any atom is -0.355 e. The molecule has 0 aliphatic heterocycles. The van der Waals surface area contributed by atoms with Crippen molar-refractivity contribution in [2.24, 2.45) is 11.8 Å². The molecule has 1 unspecified atom stereocenters. The van der Waals surface area contributed by atoms with Crippen LogP contribution in [0.3, 0.4) is 0 Å². The van der Waals surface area contributed by atoms with Gasteiger partial charge in [-0.3, -0.25) is 9.78 Å². The monoisotopic (exact) mass is 231 g/mol. The van der Waals surface area contributed by atoms with Crippen LogP contribution in [0.15, 0.2) is 24.5 Å². The Labute approximate surface area is 102 Å². The van der Waals surface area contributed by atoms with E-state index >= 15 is 0 Å². The molecule has 0 radical (unpaired) electrons. The molecule has 90 valence electrons. The van der Waals surface area contributed by atoms with E-state index in [1.54, 1.807) is 18.5 Å². The topological polar surface area (TPSA) is 65.8 Å². The molecule has 4 heteroatoms. The second-order valence-corrected chi connectivity index (χ2v) is 4.39. The molecule has 0 aromatic carbocycles. The molecule has 1 rings (SSSR count). The third kappa shape index (κ3) is 4.64. The number of carbonyl (C=O) groups excluding carboxylic acids is 1. The predicted molar refractivity (Wildman–Crippen MR) is 64.9 cm³/mol. The second kappa shape index (κ2) is 6.64. The molecular weight excluding hydrogens is 214 g/mol. The van der Waals surface area contributed by atoms with Crippen molar-refractivity contribution in [3.05, 3.63) is 30.1 Å². The van der Waals surface area contributed by atoms with E-state index in [1.165, 1.54) is 0 Å². The summed E-state index contributed by atoms with van der Waals surface area (Å²) < 4.78 is 0. The summed E-state index contributed by atoms with van der Waals surface area (Å²) >= 11 is 0. The Kier molecular flexibility index (Phi) is 5.15. The molecule has 0 fully saturated rings. The van der Waals surface area contributed by atoms with Gasteiger partial charge in [-0.2, -0.15) is 5.26 Å². The summed E-state index contributed by atoms with van der Waals surface area (Å²) in [6.45, 7) is 4.63. The minimum atomic E-state index is -0.641. The lowest BCUT2D eigenvalue weighted by Crippen LogP contribution is -2.33. The van der Waals surface area contributed by atoms with Gasteiger partial charge < -0.3 is 5.32 Å². The van der Waals surface area contributed by atoms with Crippen LogP contribution < -0.4 is 5.32 Å². The first kappa shape index (κ1) is 13.2. The fraction of sp³-hybridized carbons (Fsp3) is 0.462. The van der Waals surface area contributed by atoms with Crippen molar-refractivity contribution < 1.29 is 4.79 Å². The van der Waals surface area contributed by atoms with Crippen LogP contribution in [-0.2, 0) is 11.2 Å². The summed E-state index contributed by atoms with van der Waals surface area (Å²) in [5.41, 5.74) is 0.902. The van der Waals surface area contributed by atoms with Gasteiger partial charge in [0.05, 0.1) is 6.07 Å². The molecule has 1 aromatic heterocycles. The third-order valence-corrected chi connectivity index (χ3v) is 2.32. The molecule has 0 aliphatic rings. The maximum atomic E-state index is 11.7. The zero-order chi connectivity index (χ0) is 12.7. The number of amides is 1. The number of hydrogen-bond donors (Lipinski definition) is 1. The molecule has 0 bridgehead atoms. The Morgan fingerprint density at radius 3 is 2.88 bits per heavy atom. The van der Waals surface area contributed by atoms with E-state index in [-0.39, 0.29) is 5.91 Å². The first-order chi connectivity index (χ1) is 8.13. The fourth-order valence-electron chi connectivity index (χ4n) is 1.38. The summed E-state index contributed by atoms with van der Waals surface area (Å²) in [6, 6.07) is 5.70. The lowest BCUT2D eigenvalue weighted by atomic mass is 10.0. The highest BCUT2D eigenvalue weighted by Gasteiger charge is 2.18.